The average molecular weight is 426 g/mol. The van der Waals surface area contributed by atoms with E-state index in [-0.39, 0.29) is 18.1 Å². The Morgan fingerprint density at radius 1 is 0.710 bits per heavy atom. The van der Waals surface area contributed by atoms with Crippen LogP contribution >= 0.6 is 12.2 Å². The van der Waals surface area contributed by atoms with Gasteiger partial charge in [-0.25, -0.2) is 0 Å². The van der Waals surface area contributed by atoms with Crippen molar-refractivity contribution in [2.24, 2.45) is 5.73 Å². The molecular weight excluding hydrogens is 398 g/mol. The van der Waals surface area contributed by atoms with E-state index in [0.29, 0.717) is 5.11 Å². The molecule has 156 valence electrons. The lowest BCUT2D eigenvalue weighted by Gasteiger charge is -2.28. The highest BCUT2D eigenvalue weighted by atomic mass is 32.1. The number of nitrogens with one attached hydrogen (secondary N) is 2. The third kappa shape index (κ3) is 4.93. The molecule has 0 aromatic heterocycles. The lowest BCUT2D eigenvalue weighted by atomic mass is 9.94. The van der Waals surface area contributed by atoms with Crippen molar-refractivity contribution < 1.29 is 0 Å². The van der Waals surface area contributed by atoms with Crippen LogP contribution in [0.5, 0.6) is 0 Å². The summed E-state index contributed by atoms with van der Waals surface area (Å²) in [5.41, 5.74) is 10.1. The van der Waals surface area contributed by atoms with Crippen molar-refractivity contribution in [2.45, 2.75) is 25.0 Å². The third-order valence-corrected chi connectivity index (χ3v) is 5.86. The largest absolute Gasteiger partial charge is 0.356 e. The molecule has 0 bridgehead atoms. The first-order valence-electron chi connectivity index (χ1n) is 10.5. The van der Waals surface area contributed by atoms with E-state index in [1.165, 1.54) is 16.3 Å². The monoisotopic (exact) mass is 425 g/mol. The van der Waals surface area contributed by atoms with Gasteiger partial charge in [0.25, 0.3) is 0 Å². The fourth-order valence-electron chi connectivity index (χ4n) is 3.99. The summed E-state index contributed by atoms with van der Waals surface area (Å²) < 4.78 is 0. The second-order valence-corrected chi connectivity index (χ2v) is 8.14. The van der Waals surface area contributed by atoms with E-state index in [0.717, 1.165) is 11.1 Å². The molecule has 4 rings (SSSR count). The molecule has 0 aliphatic heterocycles. The molecule has 0 amide bonds. The SMILES string of the molecule is C[C@@H](NC(=S)N[C@@H](c1ccccc1)[C@@H](N)c1ccccc1)c1cccc2ccccc12. The van der Waals surface area contributed by atoms with E-state index in [4.69, 9.17) is 18.0 Å². The summed E-state index contributed by atoms with van der Waals surface area (Å²) in [5, 5.41) is 9.97. The zero-order chi connectivity index (χ0) is 21.6. The molecular formula is C27H27N3S. The predicted molar refractivity (Wildman–Crippen MR) is 134 cm³/mol. The zero-order valence-corrected chi connectivity index (χ0v) is 18.3. The fraction of sp³-hybridized carbons (Fsp3) is 0.148. The molecule has 0 unspecified atom stereocenters. The quantitative estimate of drug-likeness (QED) is 0.341. The van der Waals surface area contributed by atoms with Crippen LogP contribution in [0.1, 0.15) is 41.7 Å². The molecule has 4 aromatic rings. The van der Waals surface area contributed by atoms with Crippen molar-refractivity contribution in [3.63, 3.8) is 0 Å². The summed E-state index contributed by atoms with van der Waals surface area (Å²) in [6.07, 6.45) is 0. The Balaban J connectivity index is 1.55. The molecule has 31 heavy (non-hydrogen) atoms. The van der Waals surface area contributed by atoms with Gasteiger partial charge in [-0.2, -0.15) is 0 Å². The number of thiocarbonyl (C=S) groups is 1. The smallest absolute Gasteiger partial charge is 0.167 e. The molecule has 4 aromatic carbocycles. The average Bonchev–Trinajstić information content (AvgIpc) is 2.83. The van der Waals surface area contributed by atoms with Crippen molar-refractivity contribution in [3.8, 4) is 0 Å². The number of benzene rings is 4. The first kappa shape index (κ1) is 21.0. The molecule has 4 heteroatoms. The highest BCUT2D eigenvalue weighted by Gasteiger charge is 2.23. The molecule has 0 heterocycles. The van der Waals surface area contributed by atoms with Gasteiger partial charge in [0, 0.05) is 0 Å². The van der Waals surface area contributed by atoms with E-state index >= 15 is 0 Å². The number of rotatable bonds is 6. The second kappa shape index (κ2) is 9.73. The zero-order valence-electron chi connectivity index (χ0n) is 17.5. The van der Waals surface area contributed by atoms with Gasteiger partial charge in [-0.15, -0.1) is 0 Å². The van der Waals surface area contributed by atoms with Crippen molar-refractivity contribution >= 4 is 28.1 Å². The van der Waals surface area contributed by atoms with Crippen molar-refractivity contribution in [3.05, 3.63) is 120 Å². The van der Waals surface area contributed by atoms with Gasteiger partial charge in [-0.3, -0.25) is 0 Å². The van der Waals surface area contributed by atoms with E-state index in [1.54, 1.807) is 0 Å². The van der Waals surface area contributed by atoms with Gasteiger partial charge in [0.15, 0.2) is 5.11 Å². The van der Waals surface area contributed by atoms with E-state index < -0.39 is 0 Å². The van der Waals surface area contributed by atoms with Crippen LogP contribution in [0.25, 0.3) is 10.8 Å². The minimum absolute atomic E-state index is 0.0514. The van der Waals surface area contributed by atoms with Crippen LogP contribution in [0.4, 0.5) is 0 Å². The molecule has 0 aliphatic carbocycles. The molecule has 0 spiro atoms. The molecule has 0 saturated heterocycles. The summed E-state index contributed by atoms with van der Waals surface area (Å²) in [7, 11) is 0. The maximum absolute atomic E-state index is 6.69. The molecule has 3 nitrogen and oxygen atoms in total. The van der Waals surface area contributed by atoms with E-state index in [9.17, 15) is 0 Å². The van der Waals surface area contributed by atoms with Crippen LogP contribution in [0.2, 0.25) is 0 Å². The lowest BCUT2D eigenvalue weighted by Crippen LogP contribution is -2.42. The summed E-state index contributed by atoms with van der Waals surface area (Å²) >= 11 is 5.72. The fourth-order valence-corrected chi connectivity index (χ4v) is 4.30. The number of hydrogen-bond acceptors (Lipinski definition) is 2. The van der Waals surface area contributed by atoms with Crippen LogP contribution in [-0.2, 0) is 0 Å². The van der Waals surface area contributed by atoms with Crippen LogP contribution < -0.4 is 16.4 Å². The molecule has 3 atom stereocenters. The number of fused-ring (bicyclic) bond motifs is 1. The van der Waals surface area contributed by atoms with Crippen molar-refractivity contribution in [1.29, 1.82) is 0 Å². The van der Waals surface area contributed by atoms with Gasteiger partial charge in [0.05, 0.1) is 18.1 Å². The number of hydrogen-bond donors (Lipinski definition) is 3. The highest BCUT2D eigenvalue weighted by molar-refractivity contribution is 7.80. The van der Waals surface area contributed by atoms with Gasteiger partial charge >= 0.3 is 0 Å². The standard InChI is InChI=1S/C27H27N3S/c1-19(23-18-10-16-20-11-8-9-17-24(20)23)29-27(31)30-26(22-14-6-3-7-15-22)25(28)21-12-4-2-5-13-21/h2-19,25-26H,28H2,1H3,(H2,29,30,31)/t19-,25+,26+/m1/s1. The Hall–Kier alpha value is -3.21. The van der Waals surface area contributed by atoms with E-state index in [2.05, 4.69) is 84.3 Å². The Morgan fingerprint density at radius 3 is 2.00 bits per heavy atom. The summed E-state index contributed by atoms with van der Waals surface area (Å²) in [6, 6.07) is 34.8. The predicted octanol–water partition coefficient (Wildman–Crippen LogP) is 5.81. The summed E-state index contributed by atoms with van der Waals surface area (Å²) in [6.45, 7) is 2.13. The Labute approximate surface area is 189 Å². The van der Waals surface area contributed by atoms with Gasteiger partial charge in [-0.1, -0.05) is 103 Å². The normalized spacial score (nSPS) is 13.9. The minimum Gasteiger partial charge on any atom is -0.356 e. The molecule has 0 fully saturated rings. The van der Waals surface area contributed by atoms with E-state index in [1.807, 2.05) is 36.4 Å². The van der Waals surface area contributed by atoms with Crippen molar-refractivity contribution in [2.75, 3.05) is 0 Å². The van der Waals surface area contributed by atoms with Gasteiger partial charge in [0.2, 0.25) is 0 Å². The van der Waals surface area contributed by atoms with Crippen LogP contribution in [0.3, 0.4) is 0 Å². The molecule has 0 saturated carbocycles. The van der Waals surface area contributed by atoms with Gasteiger partial charge in [0.1, 0.15) is 0 Å². The lowest BCUT2D eigenvalue weighted by molar-refractivity contribution is 0.516. The first-order valence-corrected chi connectivity index (χ1v) is 10.9. The molecule has 4 N–H and O–H groups in total. The van der Waals surface area contributed by atoms with Crippen LogP contribution in [0, 0.1) is 0 Å². The minimum atomic E-state index is -0.240. The highest BCUT2D eigenvalue weighted by Crippen LogP contribution is 2.28. The molecule has 0 radical (unpaired) electrons. The number of nitrogens with two attached hydrogens (primary N) is 1. The van der Waals surface area contributed by atoms with Gasteiger partial charge < -0.3 is 16.4 Å². The maximum atomic E-state index is 6.69. The Morgan fingerprint density at radius 2 is 1.29 bits per heavy atom. The Kier molecular flexibility index (Phi) is 6.60. The Bertz CT molecular complexity index is 1140. The molecule has 0 aliphatic rings. The van der Waals surface area contributed by atoms with Crippen LogP contribution in [-0.4, -0.2) is 5.11 Å². The second-order valence-electron chi connectivity index (χ2n) is 7.73. The topological polar surface area (TPSA) is 50.1 Å². The maximum Gasteiger partial charge on any atom is 0.167 e. The first-order chi connectivity index (χ1) is 15.1. The van der Waals surface area contributed by atoms with Crippen LogP contribution in [0.15, 0.2) is 103 Å². The van der Waals surface area contributed by atoms with Gasteiger partial charge in [-0.05, 0) is 46.6 Å². The third-order valence-electron chi connectivity index (χ3n) is 5.63. The summed E-state index contributed by atoms with van der Waals surface area (Å²) in [5.74, 6) is 0. The van der Waals surface area contributed by atoms with Crippen molar-refractivity contribution in [1.82, 2.24) is 10.6 Å². The summed E-state index contributed by atoms with van der Waals surface area (Å²) in [4.78, 5) is 0.